The minimum atomic E-state index is -0.603. The molecule has 0 amide bonds. The first-order chi connectivity index (χ1) is 8.95. The van der Waals surface area contributed by atoms with Gasteiger partial charge in [-0.2, -0.15) is 5.26 Å². The van der Waals surface area contributed by atoms with Gasteiger partial charge in [0.15, 0.2) is 0 Å². The summed E-state index contributed by atoms with van der Waals surface area (Å²) in [6, 6.07) is 6.29. The third kappa shape index (κ3) is 2.42. The fraction of sp³-hybridized carbons (Fsp3) is 0.0769. The SMILES string of the molecule is Cc1cc(-c2ccc(Cl)c(Br)c2F)c(C#N)c(=O)[nH]1. The van der Waals surface area contributed by atoms with Gasteiger partial charge in [-0.25, -0.2) is 4.39 Å². The smallest absolute Gasteiger partial charge is 0.266 e. The van der Waals surface area contributed by atoms with E-state index in [0.717, 1.165) is 0 Å². The van der Waals surface area contributed by atoms with E-state index in [1.54, 1.807) is 19.1 Å². The standard InChI is InChI=1S/C13H7BrClFN2O/c1-6-4-8(9(5-17)13(19)18-6)7-2-3-10(15)11(14)12(7)16/h2-4H,1H3,(H,18,19). The monoisotopic (exact) mass is 340 g/mol. The Morgan fingerprint density at radius 1 is 1.42 bits per heavy atom. The number of H-pyrrole nitrogens is 1. The number of aryl methyl sites for hydroxylation is 1. The first kappa shape index (κ1) is 13.8. The van der Waals surface area contributed by atoms with Gasteiger partial charge in [-0.15, -0.1) is 0 Å². The van der Waals surface area contributed by atoms with E-state index in [1.807, 2.05) is 0 Å². The number of pyridine rings is 1. The van der Waals surface area contributed by atoms with Gasteiger partial charge < -0.3 is 4.98 Å². The number of benzene rings is 1. The summed E-state index contributed by atoms with van der Waals surface area (Å²) in [5.41, 5.74) is 0.284. The Morgan fingerprint density at radius 2 is 2.11 bits per heavy atom. The van der Waals surface area contributed by atoms with E-state index in [-0.39, 0.29) is 26.2 Å². The molecule has 3 nitrogen and oxygen atoms in total. The van der Waals surface area contributed by atoms with Crippen LogP contribution in [0.4, 0.5) is 4.39 Å². The molecule has 1 N–H and O–H groups in total. The summed E-state index contributed by atoms with van der Waals surface area (Å²) >= 11 is 8.82. The molecule has 6 heteroatoms. The van der Waals surface area contributed by atoms with Gasteiger partial charge in [0.2, 0.25) is 0 Å². The second-order valence-electron chi connectivity index (χ2n) is 3.90. The van der Waals surface area contributed by atoms with Crippen LogP contribution in [0.1, 0.15) is 11.3 Å². The number of nitriles is 1. The van der Waals surface area contributed by atoms with Crippen molar-refractivity contribution in [3.05, 3.63) is 55.1 Å². The van der Waals surface area contributed by atoms with E-state index in [0.29, 0.717) is 5.69 Å². The number of hydrogen-bond acceptors (Lipinski definition) is 2. The van der Waals surface area contributed by atoms with E-state index in [4.69, 9.17) is 16.9 Å². The van der Waals surface area contributed by atoms with Gasteiger partial charge in [-0.3, -0.25) is 4.79 Å². The highest BCUT2D eigenvalue weighted by molar-refractivity contribution is 9.10. The molecule has 0 aliphatic rings. The summed E-state index contributed by atoms with van der Waals surface area (Å²) in [4.78, 5) is 14.2. The Hall–Kier alpha value is -1.64. The van der Waals surface area contributed by atoms with E-state index in [1.165, 1.54) is 12.1 Å². The summed E-state index contributed by atoms with van der Waals surface area (Å²) in [5.74, 6) is -0.603. The van der Waals surface area contributed by atoms with Gasteiger partial charge in [0, 0.05) is 16.8 Å². The molecule has 0 aliphatic carbocycles. The van der Waals surface area contributed by atoms with Crippen molar-refractivity contribution in [2.75, 3.05) is 0 Å². The highest BCUT2D eigenvalue weighted by atomic mass is 79.9. The van der Waals surface area contributed by atoms with Gasteiger partial charge in [0.05, 0.1) is 9.50 Å². The zero-order valence-corrected chi connectivity index (χ0v) is 12.1. The van der Waals surface area contributed by atoms with Crippen molar-refractivity contribution in [2.45, 2.75) is 6.92 Å². The van der Waals surface area contributed by atoms with Crippen LogP contribution in [0.15, 0.2) is 27.5 Å². The van der Waals surface area contributed by atoms with Crippen LogP contribution in [-0.2, 0) is 0 Å². The number of halogens is 3. The minimum absolute atomic E-state index is 0.105. The molecule has 1 heterocycles. The number of aromatic amines is 1. The van der Waals surface area contributed by atoms with E-state index in [9.17, 15) is 9.18 Å². The normalized spacial score (nSPS) is 10.3. The molecule has 0 fully saturated rings. The average Bonchev–Trinajstić information content (AvgIpc) is 2.35. The maximum atomic E-state index is 14.2. The van der Waals surface area contributed by atoms with Crippen molar-refractivity contribution < 1.29 is 4.39 Å². The largest absolute Gasteiger partial charge is 0.325 e. The number of nitrogens with one attached hydrogen (secondary N) is 1. The van der Waals surface area contributed by atoms with Crippen molar-refractivity contribution in [3.8, 4) is 17.2 Å². The highest BCUT2D eigenvalue weighted by Crippen LogP contribution is 2.33. The number of hydrogen-bond donors (Lipinski definition) is 1. The average molecular weight is 342 g/mol. The van der Waals surface area contributed by atoms with Gasteiger partial charge in [0.1, 0.15) is 17.4 Å². The summed E-state index contributed by atoms with van der Waals surface area (Å²) in [7, 11) is 0. The first-order valence-corrected chi connectivity index (χ1v) is 6.40. The van der Waals surface area contributed by atoms with Crippen molar-refractivity contribution in [2.24, 2.45) is 0 Å². The fourth-order valence-corrected chi connectivity index (χ4v) is 2.24. The predicted octanol–water partition coefficient (Wildman–Crippen LogP) is 3.78. The van der Waals surface area contributed by atoms with Crippen molar-refractivity contribution in [3.63, 3.8) is 0 Å². The summed E-state index contributed by atoms with van der Waals surface area (Å²) in [5, 5.41) is 9.26. The van der Waals surface area contributed by atoms with E-state index < -0.39 is 11.4 Å². The van der Waals surface area contributed by atoms with Crippen LogP contribution in [0.3, 0.4) is 0 Å². The molecule has 0 spiro atoms. The van der Waals surface area contributed by atoms with Crippen molar-refractivity contribution in [1.29, 1.82) is 5.26 Å². The summed E-state index contributed by atoms with van der Waals surface area (Å²) < 4.78 is 14.3. The molecule has 0 atom stereocenters. The van der Waals surface area contributed by atoms with Crippen LogP contribution < -0.4 is 5.56 Å². The maximum Gasteiger partial charge on any atom is 0.266 e. The van der Waals surface area contributed by atoms with Crippen molar-refractivity contribution in [1.82, 2.24) is 4.98 Å². The van der Waals surface area contributed by atoms with Crippen LogP contribution >= 0.6 is 27.5 Å². The quantitative estimate of drug-likeness (QED) is 0.803. The first-order valence-electron chi connectivity index (χ1n) is 5.23. The van der Waals surface area contributed by atoms with Crippen LogP contribution in [0, 0.1) is 24.1 Å². The van der Waals surface area contributed by atoms with Crippen LogP contribution in [0.2, 0.25) is 5.02 Å². The Bertz CT molecular complexity index is 764. The molecule has 0 unspecified atom stereocenters. The molecular formula is C13H7BrClFN2O. The van der Waals surface area contributed by atoms with Gasteiger partial charge >= 0.3 is 0 Å². The summed E-state index contributed by atoms with van der Waals surface area (Å²) in [6.07, 6.45) is 0. The molecule has 2 aromatic rings. The van der Waals surface area contributed by atoms with Crippen molar-refractivity contribution >= 4 is 27.5 Å². The Labute approximate surface area is 121 Å². The molecule has 1 aromatic carbocycles. The molecule has 19 heavy (non-hydrogen) atoms. The number of nitrogens with zero attached hydrogens (tertiary/aromatic N) is 1. The zero-order chi connectivity index (χ0) is 14.2. The third-order valence-electron chi connectivity index (χ3n) is 2.61. The second kappa shape index (κ2) is 5.16. The molecule has 0 saturated heterocycles. The molecule has 1 aromatic heterocycles. The lowest BCUT2D eigenvalue weighted by Gasteiger charge is -2.08. The van der Waals surface area contributed by atoms with Gasteiger partial charge in [-0.05, 0) is 41.1 Å². The summed E-state index contributed by atoms with van der Waals surface area (Å²) in [6.45, 7) is 1.66. The van der Waals surface area contributed by atoms with E-state index >= 15 is 0 Å². The molecule has 96 valence electrons. The van der Waals surface area contributed by atoms with Gasteiger partial charge in [0.25, 0.3) is 5.56 Å². The predicted molar refractivity (Wildman–Crippen MR) is 74.6 cm³/mol. The van der Waals surface area contributed by atoms with Gasteiger partial charge in [-0.1, -0.05) is 11.6 Å². The number of aromatic nitrogens is 1. The molecule has 2 rings (SSSR count). The Kier molecular flexibility index (Phi) is 3.74. The number of rotatable bonds is 1. The highest BCUT2D eigenvalue weighted by Gasteiger charge is 2.17. The Morgan fingerprint density at radius 3 is 2.74 bits per heavy atom. The lowest BCUT2D eigenvalue weighted by atomic mass is 10.0. The molecule has 0 radical (unpaired) electrons. The lowest BCUT2D eigenvalue weighted by Crippen LogP contribution is -2.13. The second-order valence-corrected chi connectivity index (χ2v) is 5.11. The minimum Gasteiger partial charge on any atom is -0.325 e. The van der Waals surface area contributed by atoms with Crippen LogP contribution in [0.25, 0.3) is 11.1 Å². The molecule has 0 bridgehead atoms. The molecule has 0 saturated carbocycles. The zero-order valence-electron chi connectivity index (χ0n) is 9.72. The van der Waals surface area contributed by atoms with E-state index in [2.05, 4.69) is 20.9 Å². The third-order valence-corrected chi connectivity index (χ3v) is 3.92. The lowest BCUT2D eigenvalue weighted by molar-refractivity contribution is 0.624. The maximum absolute atomic E-state index is 14.2. The Balaban J connectivity index is 2.84. The molecule has 0 aliphatic heterocycles. The molecular weight excluding hydrogens is 335 g/mol. The van der Waals surface area contributed by atoms with Crippen LogP contribution in [-0.4, -0.2) is 4.98 Å². The topological polar surface area (TPSA) is 56.6 Å². The fourth-order valence-electron chi connectivity index (χ4n) is 1.75. The van der Waals surface area contributed by atoms with Crippen LogP contribution in [0.5, 0.6) is 0 Å².